The normalized spacial score (nSPS) is 17.0. The molecule has 1 saturated heterocycles. The second-order valence-electron chi connectivity index (χ2n) is 3.96. The lowest BCUT2D eigenvalue weighted by Crippen LogP contribution is -2.48. The molecule has 6 nitrogen and oxygen atoms in total. The lowest BCUT2D eigenvalue weighted by atomic mass is 10.1. The highest BCUT2D eigenvalue weighted by Crippen LogP contribution is 2.11. The van der Waals surface area contributed by atoms with E-state index in [0.29, 0.717) is 38.2 Å². The molecule has 0 radical (unpaired) electrons. The summed E-state index contributed by atoms with van der Waals surface area (Å²) in [5.74, 6) is 0.488. The third kappa shape index (κ3) is 5.74. The molecular weight excluding hydrogens is 347 g/mol. The number of halogens is 1. The summed E-state index contributed by atoms with van der Waals surface area (Å²) in [7, 11) is 0. The first-order valence-corrected chi connectivity index (χ1v) is 6.15. The number of aliphatic imine (C=N–C) groups is 1. The average molecular weight is 370 g/mol. The maximum atomic E-state index is 11.5. The molecule has 0 aliphatic carbocycles. The van der Waals surface area contributed by atoms with E-state index in [4.69, 9.17) is 10.5 Å². The van der Waals surface area contributed by atoms with E-state index in [-0.39, 0.29) is 30.1 Å². The minimum absolute atomic E-state index is 0. The standard InChI is InChI=1S/C11H22N4O2.HI/c1-3-13-10(12)14-9-5-7-15(8-6-9)11(16)17-4-2;/h9H,3-8H2,1-2H3,(H3,12,13,14);1H. The fourth-order valence-electron chi connectivity index (χ4n) is 1.85. The van der Waals surface area contributed by atoms with Crippen molar-refractivity contribution in [1.29, 1.82) is 0 Å². The summed E-state index contributed by atoms with van der Waals surface area (Å²) in [5.41, 5.74) is 5.69. The first kappa shape index (κ1) is 17.3. The van der Waals surface area contributed by atoms with Gasteiger partial charge in [-0.05, 0) is 26.7 Å². The van der Waals surface area contributed by atoms with E-state index >= 15 is 0 Å². The third-order valence-corrected chi connectivity index (χ3v) is 2.70. The molecule has 1 fully saturated rings. The molecule has 18 heavy (non-hydrogen) atoms. The molecular formula is C11H23IN4O2. The Kier molecular flexibility index (Phi) is 8.86. The second-order valence-corrected chi connectivity index (χ2v) is 3.96. The van der Waals surface area contributed by atoms with Crippen LogP contribution in [0.4, 0.5) is 4.79 Å². The number of nitrogens with zero attached hydrogens (tertiary/aromatic N) is 2. The molecule has 0 spiro atoms. The third-order valence-electron chi connectivity index (χ3n) is 2.70. The van der Waals surface area contributed by atoms with Crippen molar-refractivity contribution in [3.63, 3.8) is 0 Å². The molecule has 1 heterocycles. The minimum atomic E-state index is -0.221. The Morgan fingerprint density at radius 2 is 2.06 bits per heavy atom. The molecule has 1 aliphatic rings. The Hall–Kier alpha value is -0.730. The molecule has 1 rings (SSSR count). The summed E-state index contributed by atoms with van der Waals surface area (Å²) < 4.78 is 4.95. The number of carbonyl (C=O) groups excluding carboxylic acids is 1. The molecule has 1 aliphatic heterocycles. The van der Waals surface area contributed by atoms with Gasteiger partial charge in [0.1, 0.15) is 0 Å². The second kappa shape index (κ2) is 9.23. The zero-order valence-corrected chi connectivity index (χ0v) is 13.3. The van der Waals surface area contributed by atoms with Crippen molar-refractivity contribution in [3.8, 4) is 0 Å². The maximum absolute atomic E-state index is 11.5. The van der Waals surface area contributed by atoms with Gasteiger partial charge in [-0.25, -0.2) is 4.79 Å². The highest BCUT2D eigenvalue weighted by molar-refractivity contribution is 14.0. The van der Waals surface area contributed by atoms with Crippen molar-refractivity contribution in [1.82, 2.24) is 10.2 Å². The number of rotatable bonds is 3. The number of nitrogens with two attached hydrogens (primary N) is 1. The van der Waals surface area contributed by atoms with Crippen LogP contribution in [0.25, 0.3) is 0 Å². The largest absolute Gasteiger partial charge is 0.450 e. The molecule has 3 N–H and O–H groups in total. The zero-order chi connectivity index (χ0) is 12.7. The molecule has 0 bridgehead atoms. The van der Waals surface area contributed by atoms with Gasteiger partial charge >= 0.3 is 6.09 Å². The van der Waals surface area contributed by atoms with Crippen LogP contribution in [0.1, 0.15) is 26.7 Å². The van der Waals surface area contributed by atoms with Crippen molar-refractivity contribution in [2.75, 3.05) is 26.2 Å². The van der Waals surface area contributed by atoms with Crippen LogP contribution in [-0.2, 0) is 4.74 Å². The van der Waals surface area contributed by atoms with Gasteiger partial charge in [0.05, 0.1) is 6.61 Å². The molecule has 1 amide bonds. The van der Waals surface area contributed by atoms with Crippen molar-refractivity contribution in [3.05, 3.63) is 0 Å². The predicted molar refractivity (Wildman–Crippen MR) is 82.3 cm³/mol. The van der Waals surface area contributed by atoms with Crippen LogP contribution in [0.15, 0.2) is 4.99 Å². The van der Waals surface area contributed by atoms with Crippen LogP contribution >= 0.6 is 24.0 Å². The van der Waals surface area contributed by atoms with Crippen molar-refractivity contribution in [2.24, 2.45) is 10.7 Å². The Balaban J connectivity index is 0.00000289. The van der Waals surface area contributed by atoms with Crippen LogP contribution in [0.3, 0.4) is 0 Å². The molecule has 0 atom stereocenters. The number of carbonyl (C=O) groups is 1. The van der Waals surface area contributed by atoms with E-state index < -0.39 is 0 Å². The van der Waals surface area contributed by atoms with Crippen LogP contribution in [0.2, 0.25) is 0 Å². The van der Waals surface area contributed by atoms with E-state index in [9.17, 15) is 4.79 Å². The first-order chi connectivity index (χ1) is 8.17. The topological polar surface area (TPSA) is 80.0 Å². The fraction of sp³-hybridized carbons (Fsp3) is 0.818. The summed E-state index contributed by atoms with van der Waals surface area (Å²) in [4.78, 5) is 17.3. The van der Waals surface area contributed by atoms with E-state index in [1.165, 1.54) is 0 Å². The number of likely N-dealkylation sites (tertiary alicyclic amines) is 1. The quantitative estimate of drug-likeness (QED) is 0.444. The van der Waals surface area contributed by atoms with Gasteiger partial charge in [0, 0.05) is 25.7 Å². The molecule has 7 heteroatoms. The van der Waals surface area contributed by atoms with Gasteiger partial charge in [-0.1, -0.05) is 0 Å². The number of guanidine groups is 1. The fourth-order valence-corrected chi connectivity index (χ4v) is 1.85. The average Bonchev–Trinajstić information content (AvgIpc) is 2.30. The molecule has 0 saturated carbocycles. The summed E-state index contributed by atoms with van der Waals surface area (Å²) in [6.45, 7) is 6.27. The Morgan fingerprint density at radius 1 is 1.44 bits per heavy atom. The summed E-state index contributed by atoms with van der Waals surface area (Å²) in [5, 5.41) is 3.16. The minimum Gasteiger partial charge on any atom is -0.450 e. The van der Waals surface area contributed by atoms with Gasteiger partial charge in [0.25, 0.3) is 0 Å². The molecule has 0 aromatic heterocycles. The van der Waals surface area contributed by atoms with Gasteiger partial charge in [-0.2, -0.15) is 0 Å². The van der Waals surface area contributed by atoms with Crippen LogP contribution in [0.5, 0.6) is 0 Å². The maximum Gasteiger partial charge on any atom is 0.409 e. The van der Waals surface area contributed by atoms with Crippen molar-refractivity contribution >= 4 is 36.0 Å². The Labute approximate surface area is 125 Å². The lowest BCUT2D eigenvalue weighted by molar-refractivity contribution is 0.0963. The van der Waals surface area contributed by atoms with Crippen LogP contribution in [-0.4, -0.2) is 49.2 Å². The van der Waals surface area contributed by atoms with Gasteiger partial charge in [0.2, 0.25) is 0 Å². The van der Waals surface area contributed by atoms with E-state index in [0.717, 1.165) is 12.8 Å². The molecule has 0 aromatic carbocycles. The van der Waals surface area contributed by atoms with Crippen LogP contribution < -0.4 is 11.1 Å². The monoisotopic (exact) mass is 370 g/mol. The van der Waals surface area contributed by atoms with Gasteiger partial charge in [0.15, 0.2) is 5.96 Å². The highest BCUT2D eigenvalue weighted by atomic mass is 127. The number of hydrogen-bond acceptors (Lipinski definition) is 3. The smallest absolute Gasteiger partial charge is 0.409 e. The number of amides is 1. The highest BCUT2D eigenvalue weighted by Gasteiger charge is 2.23. The molecule has 106 valence electrons. The van der Waals surface area contributed by atoms with Crippen LogP contribution in [0, 0.1) is 0 Å². The lowest BCUT2D eigenvalue weighted by Gasteiger charge is -2.31. The molecule has 0 aromatic rings. The van der Waals surface area contributed by atoms with E-state index in [2.05, 4.69) is 10.3 Å². The summed E-state index contributed by atoms with van der Waals surface area (Å²) in [6, 6.07) is 0.302. The number of ether oxygens (including phenoxy) is 1. The van der Waals surface area contributed by atoms with E-state index in [1.54, 1.807) is 4.90 Å². The van der Waals surface area contributed by atoms with Gasteiger partial charge in [-0.15, -0.1) is 24.0 Å². The van der Waals surface area contributed by atoms with Crippen molar-refractivity contribution in [2.45, 2.75) is 32.7 Å². The van der Waals surface area contributed by atoms with Gasteiger partial charge < -0.3 is 20.7 Å². The van der Waals surface area contributed by atoms with E-state index in [1.807, 2.05) is 13.8 Å². The Bertz CT molecular complexity index is 278. The first-order valence-electron chi connectivity index (χ1n) is 6.15. The SMILES string of the molecule is CCN=C(N)NC1CCN(C(=O)OCC)CC1.I. The number of piperidine rings is 1. The summed E-state index contributed by atoms with van der Waals surface area (Å²) >= 11 is 0. The number of hydrogen-bond donors (Lipinski definition) is 2. The summed E-state index contributed by atoms with van der Waals surface area (Å²) in [6.07, 6.45) is 1.53. The van der Waals surface area contributed by atoms with Gasteiger partial charge in [-0.3, -0.25) is 4.99 Å². The Morgan fingerprint density at radius 3 is 2.56 bits per heavy atom. The van der Waals surface area contributed by atoms with Crippen molar-refractivity contribution < 1.29 is 9.53 Å². The molecule has 0 unspecified atom stereocenters. The zero-order valence-electron chi connectivity index (χ0n) is 11.0. The number of nitrogens with one attached hydrogen (secondary N) is 1. The predicted octanol–water partition coefficient (Wildman–Crippen LogP) is 1.15.